The molecule has 1 saturated heterocycles. The number of rotatable bonds is 3. The highest BCUT2D eigenvalue weighted by atomic mass is 32.1. The SMILES string of the molecule is CCc1nc(C)c(C(=O)N2CCO[C@@H](c3n[nH]c(C)n3)C2)s1. The third-order valence-corrected chi connectivity index (χ3v) is 4.88. The van der Waals surface area contributed by atoms with Crippen molar-refractivity contribution in [2.24, 2.45) is 0 Å². The standard InChI is InChI=1S/C14H19N5O2S/c1-4-11-15-8(2)12(22-11)14(20)19-5-6-21-10(7-19)13-16-9(3)17-18-13/h10H,4-7H2,1-3H3,(H,16,17,18)/t10-/m1/s1. The largest absolute Gasteiger partial charge is 0.366 e. The van der Waals surface area contributed by atoms with Crippen LogP contribution in [0.15, 0.2) is 0 Å². The first-order valence-electron chi connectivity index (χ1n) is 7.34. The highest BCUT2D eigenvalue weighted by molar-refractivity contribution is 7.13. The van der Waals surface area contributed by atoms with Crippen molar-refractivity contribution in [1.82, 2.24) is 25.1 Å². The van der Waals surface area contributed by atoms with Gasteiger partial charge in [0.1, 0.15) is 16.8 Å². The van der Waals surface area contributed by atoms with Gasteiger partial charge in [-0.25, -0.2) is 9.97 Å². The minimum atomic E-state index is -0.276. The molecule has 0 unspecified atom stereocenters. The summed E-state index contributed by atoms with van der Waals surface area (Å²) in [5, 5.41) is 7.94. The number of carbonyl (C=O) groups is 1. The predicted octanol–water partition coefficient (Wildman–Crippen LogP) is 1.65. The molecule has 0 aliphatic carbocycles. The van der Waals surface area contributed by atoms with E-state index in [2.05, 4.69) is 20.2 Å². The first-order valence-corrected chi connectivity index (χ1v) is 8.16. The molecule has 0 aromatic carbocycles. The van der Waals surface area contributed by atoms with E-state index in [1.54, 1.807) is 4.90 Å². The van der Waals surface area contributed by atoms with Crippen molar-refractivity contribution in [3.05, 3.63) is 27.2 Å². The number of aromatic nitrogens is 4. The molecule has 0 radical (unpaired) electrons. The molecule has 1 aliphatic rings. The highest BCUT2D eigenvalue weighted by Gasteiger charge is 2.30. The van der Waals surface area contributed by atoms with Crippen molar-refractivity contribution in [3.8, 4) is 0 Å². The molecule has 0 bridgehead atoms. The number of aryl methyl sites for hydroxylation is 3. The molecule has 1 atom stereocenters. The quantitative estimate of drug-likeness (QED) is 0.929. The van der Waals surface area contributed by atoms with Crippen LogP contribution in [0.5, 0.6) is 0 Å². The van der Waals surface area contributed by atoms with E-state index < -0.39 is 0 Å². The molecular formula is C14H19N5O2S. The molecule has 22 heavy (non-hydrogen) atoms. The van der Waals surface area contributed by atoms with Gasteiger partial charge in [0.15, 0.2) is 5.82 Å². The number of morpholine rings is 1. The van der Waals surface area contributed by atoms with Crippen LogP contribution < -0.4 is 0 Å². The molecule has 2 aromatic rings. The highest BCUT2D eigenvalue weighted by Crippen LogP contribution is 2.24. The van der Waals surface area contributed by atoms with E-state index in [1.807, 2.05) is 20.8 Å². The number of nitrogens with one attached hydrogen (secondary N) is 1. The Bertz CT molecular complexity index is 681. The van der Waals surface area contributed by atoms with Gasteiger partial charge in [0, 0.05) is 6.54 Å². The van der Waals surface area contributed by atoms with E-state index >= 15 is 0 Å². The molecule has 8 heteroatoms. The van der Waals surface area contributed by atoms with Crippen LogP contribution in [0, 0.1) is 13.8 Å². The molecule has 0 spiro atoms. The summed E-state index contributed by atoms with van der Waals surface area (Å²) >= 11 is 1.48. The summed E-state index contributed by atoms with van der Waals surface area (Å²) < 4.78 is 5.70. The maximum atomic E-state index is 12.7. The molecule has 1 fully saturated rings. The number of hydrogen-bond donors (Lipinski definition) is 1. The van der Waals surface area contributed by atoms with Gasteiger partial charge in [0.2, 0.25) is 0 Å². The fourth-order valence-electron chi connectivity index (χ4n) is 2.44. The summed E-state index contributed by atoms with van der Waals surface area (Å²) in [7, 11) is 0. The van der Waals surface area contributed by atoms with Gasteiger partial charge in [-0.15, -0.1) is 11.3 Å². The average Bonchev–Trinajstić information content (AvgIpc) is 3.12. The maximum Gasteiger partial charge on any atom is 0.266 e. The van der Waals surface area contributed by atoms with Crippen LogP contribution in [0.1, 0.15) is 45.0 Å². The number of hydrogen-bond acceptors (Lipinski definition) is 6. The number of carbonyl (C=O) groups excluding carboxylic acids is 1. The molecule has 118 valence electrons. The smallest absolute Gasteiger partial charge is 0.266 e. The van der Waals surface area contributed by atoms with E-state index in [0.717, 1.165) is 27.8 Å². The summed E-state index contributed by atoms with van der Waals surface area (Å²) in [5.41, 5.74) is 0.809. The number of nitrogens with zero attached hydrogens (tertiary/aromatic N) is 4. The van der Waals surface area contributed by atoms with Gasteiger partial charge < -0.3 is 9.64 Å². The lowest BCUT2D eigenvalue weighted by Crippen LogP contribution is -2.42. The molecular weight excluding hydrogens is 302 g/mol. The van der Waals surface area contributed by atoms with Gasteiger partial charge in [-0.1, -0.05) is 6.92 Å². The van der Waals surface area contributed by atoms with Crippen molar-refractivity contribution in [2.75, 3.05) is 19.7 Å². The van der Waals surface area contributed by atoms with Crippen molar-refractivity contribution >= 4 is 17.2 Å². The van der Waals surface area contributed by atoms with E-state index in [4.69, 9.17) is 4.74 Å². The van der Waals surface area contributed by atoms with Gasteiger partial charge in [0.05, 0.1) is 23.9 Å². The van der Waals surface area contributed by atoms with E-state index in [0.29, 0.717) is 25.5 Å². The zero-order chi connectivity index (χ0) is 15.7. The summed E-state index contributed by atoms with van der Waals surface area (Å²) in [6, 6.07) is 0. The molecule has 1 amide bonds. The maximum absolute atomic E-state index is 12.7. The molecule has 3 rings (SSSR count). The monoisotopic (exact) mass is 321 g/mol. The molecule has 2 aromatic heterocycles. The van der Waals surface area contributed by atoms with Crippen LogP contribution in [0.2, 0.25) is 0 Å². The Balaban J connectivity index is 1.76. The lowest BCUT2D eigenvalue weighted by molar-refractivity contribution is -0.0265. The Hall–Kier alpha value is -1.80. The summed E-state index contributed by atoms with van der Waals surface area (Å²) in [4.78, 5) is 24.0. The van der Waals surface area contributed by atoms with Crippen molar-refractivity contribution in [3.63, 3.8) is 0 Å². The van der Waals surface area contributed by atoms with Crippen LogP contribution in [0.4, 0.5) is 0 Å². The Morgan fingerprint density at radius 1 is 1.45 bits per heavy atom. The summed E-state index contributed by atoms with van der Waals surface area (Å²) in [5.74, 6) is 1.37. The van der Waals surface area contributed by atoms with Gasteiger partial charge >= 0.3 is 0 Å². The second-order valence-electron chi connectivity index (χ2n) is 5.27. The molecule has 1 aliphatic heterocycles. The fourth-order valence-corrected chi connectivity index (χ4v) is 3.41. The van der Waals surface area contributed by atoms with Gasteiger partial charge in [-0.3, -0.25) is 9.89 Å². The number of amides is 1. The molecule has 3 heterocycles. The number of aromatic amines is 1. The van der Waals surface area contributed by atoms with Crippen LogP contribution in [0.3, 0.4) is 0 Å². The minimum Gasteiger partial charge on any atom is -0.366 e. The van der Waals surface area contributed by atoms with Crippen molar-refractivity contribution in [2.45, 2.75) is 33.3 Å². The second-order valence-corrected chi connectivity index (χ2v) is 6.35. The summed E-state index contributed by atoms with van der Waals surface area (Å²) in [6.45, 7) is 7.31. The Morgan fingerprint density at radius 2 is 2.27 bits per heavy atom. The predicted molar refractivity (Wildman–Crippen MR) is 81.9 cm³/mol. The third kappa shape index (κ3) is 2.89. The van der Waals surface area contributed by atoms with E-state index in [9.17, 15) is 4.79 Å². The first kappa shape index (κ1) is 15.1. The Kier molecular flexibility index (Phi) is 4.21. The molecule has 0 saturated carbocycles. The van der Waals surface area contributed by atoms with Gasteiger partial charge in [0.25, 0.3) is 5.91 Å². The average molecular weight is 321 g/mol. The zero-order valence-electron chi connectivity index (χ0n) is 12.9. The van der Waals surface area contributed by atoms with Crippen LogP contribution >= 0.6 is 11.3 Å². The lowest BCUT2D eigenvalue weighted by atomic mass is 10.2. The molecule has 7 nitrogen and oxygen atoms in total. The third-order valence-electron chi connectivity index (χ3n) is 3.59. The molecule has 1 N–H and O–H groups in total. The number of thiazole rings is 1. The van der Waals surface area contributed by atoms with E-state index in [1.165, 1.54) is 11.3 Å². The van der Waals surface area contributed by atoms with Crippen LogP contribution in [-0.4, -0.2) is 50.7 Å². The number of ether oxygens (including phenoxy) is 1. The Morgan fingerprint density at radius 3 is 2.91 bits per heavy atom. The van der Waals surface area contributed by atoms with Gasteiger partial charge in [-0.05, 0) is 20.3 Å². The van der Waals surface area contributed by atoms with Crippen LogP contribution in [0.25, 0.3) is 0 Å². The van der Waals surface area contributed by atoms with Crippen molar-refractivity contribution in [1.29, 1.82) is 0 Å². The topological polar surface area (TPSA) is 84.0 Å². The normalized spacial score (nSPS) is 18.7. The fraction of sp³-hybridized carbons (Fsp3) is 0.571. The minimum absolute atomic E-state index is 0.0234. The van der Waals surface area contributed by atoms with E-state index in [-0.39, 0.29) is 12.0 Å². The number of H-pyrrole nitrogens is 1. The van der Waals surface area contributed by atoms with Crippen molar-refractivity contribution < 1.29 is 9.53 Å². The van der Waals surface area contributed by atoms with Gasteiger partial charge in [-0.2, -0.15) is 5.10 Å². The Labute approximate surface area is 132 Å². The second kappa shape index (κ2) is 6.13. The summed E-state index contributed by atoms with van der Waals surface area (Å²) in [6.07, 6.45) is 0.572. The zero-order valence-corrected chi connectivity index (χ0v) is 13.7. The van der Waals surface area contributed by atoms with Crippen LogP contribution in [-0.2, 0) is 11.2 Å². The first-order chi connectivity index (χ1) is 10.6. The lowest BCUT2D eigenvalue weighted by Gasteiger charge is -2.31.